The number of piperidine rings is 1. The van der Waals surface area contributed by atoms with Crippen molar-refractivity contribution in [1.82, 2.24) is 15.3 Å². The van der Waals surface area contributed by atoms with Gasteiger partial charge in [-0.3, -0.25) is 9.78 Å². The third-order valence-electron chi connectivity index (χ3n) is 4.63. The predicted octanol–water partition coefficient (Wildman–Crippen LogP) is 3.03. The van der Waals surface area contributed by atoms with Gasteiger partial charge in [0.2, 0.25) is 0 Å². The fourth-order valence-corrected chi connectivity index (χ4v) is 3.21. The van der Waals surface area contributed by atoms with Gasteiger partial charge in [-0.15, -0.1) is 0 Å². The van der Waals surface area contributed by atoms with Gasteiger partial charge in [0, 0.05) is 24.7 Å². The summed E-state index contributed by atoms with van der Waals surface area (Å²) < 4.78 is 0. The molecule has 0 radical (unpaired) electrons. The smallest absolute Gasteiger partial charge is 0.251 e. The zero-order valence-electron chi connectivity index (χ0n) is 13.9. The molecule has 1 aromatic heterocycles. The Morgan fingerprint density at radius 1 is 0.960 bits per heavy atom. The highest BCUT2D eigenvalue weighted by Gasteiger charge is 2.22. The Balaban J connectivity index is 1.38. The number of anilines is 1. The number of carbonyl (C=O) groups excluding carboxylic acids is 1. The van der Waals surface area contributed by atoms with Crippen molar-refractivity contribution in [3.05, 3.63) is 66.4 Å². The van der Waals surface area contributed by atoms with Crippen LogP contribution in [0.1, 0.15) is 23.2 Å². The summed E-state index contributed by atoms with van der Waals surface area (Å²) in [6.07, 6.45) is 3.66. The Bertz CT molecular complexity index is 873. The number of nitrogens with zero attached hydrogens (tertiary/aromatic N) is 3. The summed E-state index contributed by atoms with van der Waals surface area (Å²) in [5.41, 5.74) is 2.54. The maximum absolute atomic E-state index is 12.3. The zero-order valence-corrected chi connectivity index (χ0v) is 13.9. The molecular weight excluding hydrogens is 312 g/mol. The highest BCUT2D eigenvalue weighted by molar-refractivity contribution is 5.94. The van der Waals surface area contributed by atoms with Crippen molar-refractivity contribution < 1.29 is 4.79 Å². The van der Waals surface area contributed by atoms with Gasteiger partial charge in [0.1, 0.15) is 5.82 Å². The maximum Gasteiger partial charge on any atom is 0.251 e. The van der Waals surface area contributed by atoms with Gasteiger partial charge in [-0.2, -0.15) is 0 Å². The average molecular weight is 332 g/mol. The number of rotatable bonds is 3. The molecule has 126 valence electrons. The lowest BCUT2D eigenvalue weighted by Crippen LogP contribution is -2.45. The van der Waals surface area contributed by atoms with Gasteiger partial charge in [0.15, 0.2) is 0 Å². The molecule has 0 aliphatic carbocycles. The Morgan fingerprint density at radius 2 is 1.64 bits per heavy atom. The molecule has 2 aromatic carbocycles. The van der Waals surface area contributed by atoms with E-state index in [0.29, 0.717) is 5.56 Å². The van der Waals surface area contributed by atoms with Crippen LogP contribution in [0.2, 0.25) is 0 Å². The molecular formula is C20H20N4O. The van der Waals surface area contributed by atoms with Gasteiger partial charge < -0.3 is 10.2 Å². The molecule has 1 saturated heterocycles. The summed E-state index contributed by atoms with van der Waals surface area (Å²) in [4.78, 5) is 23.7. The standard InChI is InChI=1S/C20H20N4O/c25-20(15-6-2-1-3-7-15)22-16-10-12-24(13-11-16)19-14-21-17-8-4-5-9-18(17)23-19/h1-9,14,16H,10-13H2,(H,22,25). The molecule has 0 spiro atoms. The fourth-order valence-electron chi connectivity index (χ4n) is 3.21. The van der Waals surface area contributed by atoms with Gasteiger partial charge in [0.05, 0.1) is 17.2 Å². The summed E-state index contributed by atoms with van der Waals surface area (Å²) in [7, 11) is 0. The second kappa shape index (κ2) is 6.89. The first-order valence-electron chi connectivity index (χ1n) is 8.62. The topological polar surface area (TPSA) is 58.1 Å². The lowest BCUT2D eigenvalue weighted by atomic mass is 10.0. The van der Waals surface area contributed by atoms with Crippen molar-refractivity contribution in [3.8, 4) is 0 Å². The fraction of sp³-hybridized carbons (Fsp3) is 0.250. The van der Waals surface area contributed by atoms with Crippen LogP contribution in [0, 0.1) is 0 Å². The number of benzene rings is 2. The van der Waals surface area contributed by atoms with E-state index in [-0.39, 0.29) is 11.9 Å². The van der Waals surface area contributed by atoms with E-state index in [0.717, 1.165) is 42.8 Å². The van der Waals surface area contributed by atoms with Crippen molar-refractivity contribution in [2.75, 3.05) is 18.0 Å². The summed E-state index contributed by atoms with van der Waals surface area (Å²) in [6.45, 7) is 1.74. The second-order valence-electron chi connectivity index (χ2n) is 6.32. The molecule has 3 aromatic rings. The Hall–Kier alpha value is -2.95. The summed E-state index contributed by atoms with van der Waals surface area (Å²) in [5.74, 6) is 0.913. The predicted molar refractivity (Wildman–Crippen MR) is 98.7 cm³/mol. The van der Waals surface area contributed by atoms with Gasteiger partial charge in [-0.25, -0.2) is 4.98 Å². The Kier molecular flexibility index (Phi) is 4.29. The lowest BCUT2D eigenvalue weighted by molar-refractivity contribution is 0.0931. The highest BCUT2D eigenvalue weighted by Crippen LogP contribution is 2.20. The molecule has 4 rings (SSSR count). The van der Waals surface area contributed by atoms with E-state index in [4.69, 9.17) is 4.98 Å². The quantitative estimate of drug-likeness (QED) is 0.801. The van der Waals surface area contributed by atoms with Gasteiger partial charge in [0.25, 0.3) is 5.91 Å². The molecule has 5 nitrogen and oxygen atoms in total. The largest absolute Gasteiger partial charge is 0.355 e. The van der Waals surface area contributed by atoms with E-state index < -0.39 is 0 Å². The minimum atomic E-state index is 0.00421. The molecule has 0 bridgehead atoms. The maximum atomic E-state index is 12.3. The monoisotopic (exact) mass is 332 g/mol. The zero-order chi connectivity index (χ0) is 17.1. The van der Waals surface area contributed by atoms with Crippen LogP contribution in [0.4, 0.5) is 5.82 Å². The van der Waals surface area contributed by atoms with E-state index in [1.165, 1.54) is 0 Å². The van der Waals surface area contributed by atoms with E-state index >= 15 is 0 Å². The number of aromatic nitrogens is 2. The van der Waals surface area contributed by atoms with Crippen LogP contribution < -0.4 is 10.2 Å². The third kappa shape index (κ3) is 3.45. The number of fused-ring (bicyclic) bond motifs is 1. The number of hydrogen-bond acceptors (Lipinski definition) is 4. The molecule has 2 heterocycles. The molecule has 0 saturated carbocycles. The van der Waals surface area contributed by atoms with Crippen LogP contribution in [0.25, 0.3) is 11.0 Å². The number of nitrogens with one attached hydrogen (secondary N) is 1. The van der Waals surface area contributed by atoms with Crippen molar-refractivity contribution >= 4 is 22.8 Å². The van der Waals surface area contributed by atoms with E-state index in [1.54, 1.807) is 0 Å². The molecule has 25 heavy (non-hydrogen) atoms. The number of para-hydroxylation sites is 2. The SMILES string of the molecule is O=C(NC1CCN(c2cnc3ccccc3n2)CC1)c1ccccc1. The molecule has 0 atom stereocenters. The first kappa shape index (κ1) is 15.6. The number of hydrogen-bond donors (Lipinski definition) is 1. The molecule has 1 amide bonds. The summed E-state index contributed by atoms with van der Waals surface area (Å²) in [5, 5.41) is 3.14. The number of carbonyl (C=O) groups is 1. The van der Waals surface area contributed by atoms with Gasteiger partial charge in [-0.1, -0.05) is 30.3 Å². The molecule has 1 N–H and O–H groups in total. The van der Waals surface area contributed by atoms with Gasteiger partial charge >= 0.3 is 0 Å². The van der Waals surface area contributed by atoms with E-state index in [1.807, 2.05) is 60.8 Å². The third-order valence-corrected chi connectivity index (χ3v) is 4.63. The van der Waals surface area contributed by atoms with Crippen LogP contribution in [0.3, 0.4) is 0 Å². The van der Waals surface area contributed by atoms with Crippen molar-refractivity contribution in [3.63, 3.8) is 0 Å². The van der Waals surface area contributed by atoms with E-state index in [2.05, 4.69) is 15.2 Å². The summed E-state index contributed by atoms with van der Waals surface area (Å²) >= 11 is 0. The number of amides is 1. The first-order valence-corrected chi connectivity index (χ1v) is 8.62. The lowest BCUT2D eigenvalue weighted by Gasteiger charge is -2.33. The second-order valence-corrected chi connectivity index (χ2v) is 6.32. The molecule has 1 fully saturated rings. The summed E-state index contributed by atoms with van der Waals surface area (Å²) in [6, 6.07) is 17.5. The van der Waals surface area contributed by atoms with Crippen molar-refractivity contribution in [2.45, 2.75) is 18.9 Å². The van der Waals surface area contributed by atoms with E-state index in [9.17, 15) is 4.79 Å². The molecule has 1 aliphatic rings. The highest BCUT2D eigenvalue weighted by atomic mass is 16.1. The van der Waals surface area contributed by atoms with Crippen molar-refractivity contribution in [2.24, 2.45) is 0 Å². The first-order chi connectivity index (χ1) is 12.3. The molecule has 1 aliphatic heterocycles. The van der Waals surface area contributed by atoms with Crippen molar-refractivity contribution in [1.29, 1.82) is 0 Å². The Morgan fingerprint density at radius 3 is 2.40 bits per heavy atom. The van der Waals surface area contributed by atoms with Crippen LogP contribution in [0.5, 0.6) is 0 Å². The molecule has 5 heteroatoms. The normalized spacial score (nSPS) is 15.3. The van der Waals surface area contributed by atoms with Crippen LogP contribution in [-0.2, 0) is 0 Å². The minimum absolute atomic E-state index is 0.00421. The van der Waals surface area contributed by atoms with Crippen LogP contribution >= 0.6 is 0 Å². The van der Waals surface area contributed by atoms with Crippen LogP contribution in [0.15, 0.2) is 60.8 Å². The Labute approximate surface area is 146 Å². The minimum Gasteiger partial charge on any atom is -0.355 e. The molecule has 0 unspecified atom stereocenters. The van der Waals surface area contributed by atoms with Gasteiger partial charge in [-0.05, 0) is 37.1 Å². The van der Waals surface area contributed by atoms with Crippen LogP contribution in [-0.4, -0.2) is 35.0 Å². The average Bonchev–Trinajstić information content (AvgIpc) is 2.69.